The van der Waals surface area contributed by atoms with Gasteiger partial charge in [0.05, 0.1) is 19.3 Å². The predicted octanol–water partition coefficient (Wildman–Crippen LogP) is 3.23. The van der Waals surface area contributed by atoms with Crippen molar-refractivity contribution < 1.29 is 9.47 Å². The van der Waals surface area contributed by atoms with E-state index >= 15 is 0 Å². The van der Waals surface area contributed by atoms with E-state index in [0.29, 0.717) is 25.2 Å². The molecule has 0 spiro atoms. The van der Waals surface area contributed by atoms with Crippen LogP contribution < -0.4 is 5.32 Å². The van der Waals surface area contributed by atoms with Crippen molar-refractivity contribution in [3.05, 3.63) is 0 Å². The Morgan fingerprint density at radius 3 is 2.28 bits per heavy atom. The van der Waals surface area contributed by atoms with Gasteiger partial charge in [-0.3, -0.25) is 0 Å². The van der Waals surface area contributed by atoms with E-state index < -0.39 is 0 Å². The van der Waals surface area contributed by atoms with Gasteiger partial charge in [0, 0.05) is 12.1 Å². The Bertz CT molecular complexity index is 187. The molecule has 0 aromatic carbocycles. The Balaban J connectivity index is 3.30. The summed E-state index contributed by atoms with van der Waals surface area (Å²) in [6, 6.07) is 0. The van der Waals surface area contributed by atoms with E-state index in [1.165, 1.54) is 0 Å². The van der Waals surface area contributed by atoms with Gasteiger partial charge in [-0.25, -0.2) is 0 Å². The summed E-state index contributed by atoms with van der Waals surface area (Å²) in [7, 11) is 0. The lowest BCUT2D eigenvalue weighted by Crippen LogP contribution is -2.36. The monoisotopic (exact) mass is 259 g/mol. The van der Waals surface area contributed by atoms with Crippen LogP contribution in [-0.4, -0.2) is 38.0 Å². The van der Waals surface area contributed by atoms with Crippen molar-refractivity contribution in [2.24, 2.45) is 5.92 Å². The van der Waals surface area contributed by atoms with Crippen molar-refractivity contribution in [3.63, 3.8) is 0 Å². The molecule has 110 valence electrons. The van der Waals surface area contributed by atoms with Crippen LogP contribution in [-0.2, 0) is 9.47 Å². The molecule has 3 heteroatoms. The van der Waals surface area contributed by atoms with Gasteiger partial charge in [-0.05, 0) is 53.0 Å². The second kappa shape index (κ2) is 9.76. The van der Waals surface area contributed by atoms with Gasteiger partial charge in [-0.2, -0.15) is 0 Å². The normalized spacial score (nSPS) is 14.2. The topological polar surface area (TPSA) is 30.5 Å². The average molecular weight is 259 g/mol. The smallest absolute Gasteiger partial charge is 0.0704 e. The van der Waals surface area contributed by atoms with Gasteiger partial charge in [-0.15, -0.1) is 0 Å². The molecule has 0 aliphatic rings. The highest BCUT2D eigenvalue weighted by atomic mass is 16.5. The largest absolute Gasteiger partial charge is 0.379 e. The summed E-state index contributed by atoms with van der Waals surface area (Å²) in [5.41, 5.74) is 0.217. The number of rotatable bonds is 10. The molecule has 0 heterocycles. The van der Waals surface area contributed by atoms with Crippen LogP contribution in [0.2, 0.25) is 0 Å². The Morgan fingerprint density at radius 1 is 1.06 bits per heavy atom. The van der Waals surface area contributed by atoms with Crippen molar-refractivity contribution in [1.82, 2.24) is 5.32 Å². The van der Waals surface area contributed by atoms with Gasteiger partial charge in [0.15, 0.2) is 0 Å². The van der Waals surface area contributed by atoms with E-state index in [0.717, 1.165) is 26.0 Å². The van der Waals surface area contributed by atoms with Crippen LogP contribution in [0.15, 0.2) is 0 Å². The molecule has 0 aromatic heterocycles. The number of hydrogen-bond acceptors (Lipinski definition) is 3. The van der Waals surface area contributed by atoms with Gasteiger partial charge < -0.3 is 14.8 Å². The van der Waals surface area contributed by atoms with Crippen LogP contribution in [0.3, 0.4) is 0 Å². The van der Waals surface area contributed by atoms with E-state index in [1.807, 2.05) is 0 Å². The Hall–Kier alpha value is -0.120. The van der Waals surface area contributed by atoms with Gasteiger partial charge in [0.25, 0.3) is 0 Å². The maximum atomic E-state index is 5.70. The highest BCUT2D eigenvalue weighted by Crippen LogP contribution is 2.03. The Morgan fingerprint density at radius 2 is 1.72 bits per heavy atom. The fourth-order valence-corrected chi connectivity index (χ4v) is 1.56. The van der Waals surface area contributed by atoms with Crippen LogP contribution in [0.5, 0.6) is 0 Å². The highest BCUT2D eigenvalue weighted by molar-refractivity contribution is 4.69. The molecular formula is C15H33NO2. The first-order chi connectivity index (χ1) is 8.31. The number of nitrogens with one attached hydrogen (secondary N) is 1. The first-order valence-corrected chi connectivity index (χ1v) is 7.25. The fraction of sp³-hybridized carbons (Fsp3) is 1.00. The third-order valence-electron chi connectivity index (χ3n) is 2.52. The van der Waals surface area contributed by atoms with Gasteiger partial charge in [-0.1, -0.05) is 13.8 Å². The predicted molar refractivity (Wildman–Crippen MR) is 78.1 cm³/mol. The minimum Gasteiger partial charge on any atom is -0.379 e. The van der Waals surface area contributed by atoms with E-state index in [-0.39, 0.29) is 5.54 Å². The molecule has 0 saturated heterocycles. The van der Waals surface area contributed by atoms with Crippen LogP contribution in [0.1, 0.15) is 54.4 Å². The molecule has 18 heavy (non-hydrogen) atoms. The lowest BCUT2D eigenvalue weighted by Gasteiger charge is -2.21. The summed E-state index contributed by atoms with van der Waals surface area (Å²) < 4.78 is 11.2. The minimum absolute atomic E-state index is 0.217. The minimum atomic E-state index is 0.217. The average Bonchev–Trinajstić information content (AvgIpc) is 2.22. The van der Waals surface area contributed by atoms with Crippen molar-refractivity contribution in [3.8, 4) is 0 Å². The molecule has 0 rings (SSSR count). The first-order valence-electron chi connectivity index (χ1n) is 7.25. The van der Waals surface area contributed by atoms with Crippen LogP contribution in [0.25, 0.3) is 0 Å². The fourth-order valence-electron chi connectivity index (χ4n) is 1.56. The summed E-state index contributed by atoms with van der Waals surface area (Å²) in [4.78, 5) is 0. The maximum Gasteiger partial charge on any atom is 0.0704 e. The van der Waals surface area contributed by atoms with Crippen molar-refractivity contribution in [2.75, 3.05) is 26.4 Å². The Kier molecular flexibility index (Phi) is 9.70. The third kappa shape index (κ3) is 13.9. The molecule has 0 aliphatic heterocycles. The molecule has 1 N–H and O–H groups in total. The summed E-state index contributed by atoms with van der Waals surface area (Å²) in [6.45, 7) is 16.3. The van der Waals surface area contributed by atoms with Crippen LogP contribution in [0.4, 0.5) is 0 Å². The molecule has 0 aromatic rings. The second-order valence-electron chi connectivity index (χ2n) is 6.47. The van der Waals surface area contributed by atoms with E-state index in [2.05, 4.69) is 46.9 Å². The number of ether oxygens (including phenoxy) is 2. The molecule has 0 saturated carbocycles. The van der Waals surface area contributed by atoms with E-state index in [1.54, 1.807) is 0 Å². The lowest BCUT2D eigenvalue weighted by molar-refractivity contribution is 0.00277. The van der Waals surface area contributed by atoms with Crippen LogP contribution >= 0.6 is 0 Å². The third-order valence-corrected chi connectivity index (χ3v) is 2.52. The van der Waals surface area contributed by atoms with Crippen molar-refractivity contribution in [1.29, 1.82) is 0 Å². The van der Waals surface area contributed by atoms with E-state index in [4.69, 9.17) is 9.47 Å². The molecule has 1 unspecified atom stereocenters. The lowest BCUT2D eigenvalue weighted by atomic mass is 10.1. The maximum absolute atomic E-state index is 5.70. The number of hydrogen-bond donors (Lipinski definition) is 1. The quantitative estimate of drug-likeness (QED) is 0.611. The molecule has 3 nitrogen and oxygen atoms in total. The van der Waals surface area contributed by atoms with Crippen LogP contribution in [0, 0.1) is 5.92 Å². The molecule has 1 atom stereocenters. The zero-order chi connectivity index (χ0) is 14.0. The summed E-state index contributed by atoms with van der Waals surface area (Å²) >= 11 is 0. The zero-order valence-corrected chi connectivity index (χ0v) is 13.2. The molecule has 0 aliphatic carbocycles. The summed E-state index contributed by atoms with van der Waals surface area (Å²) in [5, 5.41) is 3.49. The highest BCUT2D eigenvalue weighted by Gasteiger charge is 2.08. The second-order valence-corrected chi connectivity index (χ2v) is 6.47. The van der Waals surface area contributed by atoms with Crippen molar-refractivity contribution in [2.45, 2.75) is 66.0 Å². The van der Waals surface area contributed by atoms with Crippen molar-refractivity contribution >= 4 is 0 Å². The molecular weight excluding hydrogens is 226 g/mol. The van der Waals surface area contributed by atoms with Gasteiger partial charge >= 0.3 is 0 Å². The molecule has 0 bridgehead atoms. The summed E-state index contributed by atoms with van der Waals surface area (Å²) in [6.07, 6.45) is 2.59. The van der Waals surface area contributed by atoms with Gasteiger partial charge in [0.1, 0.15) is 0 Å². The standard InChI is InChI=1S/C15H33NO2/c1-13(2)12-17-10-11-18-14(3)8-7-9-16-15(4,5)6/h13-14,16H,7-12H2,1-6H3. The first kappa shape index (κ1) is 17.9. The zero-order valence-electron chi connectivity index (χ0n) is 13.2. The molecule has 0 amide bonds. The molecule has 0 radical (unpaired) electrons. The summed E-state index contributed by atoms with van der Waals surface area (Å²) in [5.74, 6) is 0.603. The SMILES string of the molecule is CC(C)COCCOC(C)CCCNC(C)(C)C. The Labute approximate surface area is 114 Å². The van der Waals surface area contributed by atoms with E-state index in [9.17, 15) is 0 Å². The van der Waals surface area contributed by atoms with Gasteiger partial charge in [0.2, 0.25) is 0 Å². The molecule has 0 fully saturated rings.